The topological polar surface area (TPSA) is 15.3 Å². The van der Waals surface area contributed by atoms with Gasteiger partial charge in [0.1, 0.15) is 0 Å². The molecule has 0 amide bonds. The predicted octanol–water partition coefficient (Wildman–Crippen LogP) is 1.41. The van der Waals surface area contributed by atoms with E-state index < -0.39 is 0 Å². The van der Waals surface area contributed by atoms with Gasteiger partial charge in [0.15, 0.2) is 0 Å². The van der Waals surface area contributed by atoms with Crippen LogP contribution in [0.25, 0.3) is 0 Å². The Hall–Kier alpha value is -0.660. The number of hydrogen-bond acceptors (Lipinski definition) is 2. The highest BCUT2D eigenvalue weighted by molar-refractivity contribution is 4.93. The monoisotopic (exact) mass is 142 g/mol. The van der Waals surface area contributed by atoms with Crippen molar-refractivity contribution in [3.63, 3.8) is 0 Å². The number of nitrogens with zero attached hydrogens (tertiary/aromatic N) is 1. The Morgan fingerprint density at radius 3 is 1.90 bits per heavy atom. The molecule has 0 aromatic heterocycles. The Kier molecular flexibility index (Phi) is 2.76. The normalized spacial score (nSPS) is 10.9. The summed E-state index contributed by atoms with van der Waals surface area (Å²) in [4.78, 5) is 2.10. The van der Waals surface area contributed by atoms with Crippen LogP contribution in [0.2, 0.25) is 0 Å². The summed E-state index contributed by atoms with van der Waals surface area (Å²) in [6.07, 6.45) is 0. The molecule has 0 aliphatic heterocycles. The molecule has 10 heavy (non-hydrogen) atoms. The minimum absolute atomic E-state index is 0.153. The molecule has 60 valence electrons. The highest BCUT2D eigenvalue weighted by Gasteiger charge is 2.16. The fraction of sp³-hybridized carbons (Fsp3) is 0.750. The molecule has 0 heterocycles. The minimum Gasteiger partial charge on any atom is -0.375 e. The molecule has 2 heteroatoms. The molecule has 0 aliphatic carbocycles. The lowest BCUT2D eigenvalue weighted by Crippen LogP contribution is -2.40. The van der Waals surface area contributed by atoms with E-state index in [1.807, 2.05) is 14.1 Å². The minimum atomic E-state index is 0.153. The quantitative estimate of drug-likeness (QED) is 0.627. The summed E-state index contributed by atoms with van der Waals surface area (Å²) in [6, 6.07) is 0. The SMILES string of the molecule is C=C(NC)N(C)C(C)(C)C. The fourth-order valence-electron chi connectivity index (χ4n) is 0.573. The summed E-state index contributed by atoms with van der Waals surface area (Å²) in [5.41, 5.74) is 0.153. The summed E-state index contributed by atoms with van der Waals surface area (Å²) in [5.74, 6) is 0.951. The van der Waals surface area contributed by atoms with Crippen molar-refractivity contribution in [2.75, 3.05) is 14.1 Å². The number of rotatable bonds is 2. The maximum Gasteiger partial charge on any atom is 0.0937 e. The van der Waals surface area contributed by atoms with Gasteiger partial charge in [-0.3, -0.25) is 0 Å². The third-order valence-corrected chi connectivity index (χ3v) is 1.70. The molecule has 0 unspecified atom stereocenters. The maximum atomic E-state index is 3.85. The zero-order valence-electron chi connectivity index (χ0n) is 7.65. The largest absolute Gasteiger partial charge is 0.375 e. The van der Waals surface area contributed by atoms with Crippen LogP contribution in [0.3, 0.4) is 0 Å². The zero-order valence-corrected chi connectivity index (χ0v) is 7.65. The van der Waals surface area contributed by atoms with Crippen molar-refractivity contribution in [2.45, 2.75) is 26.3 Å². The Bertz CT molecular complexity index is 122. The highest BCUT2D eigenvalue weighted by atomic mass is 15.3. The van der Waals surface area contributed by atoms with Crippen molar-refractivity contribution in [3.8, 4) is 0 Å². The van der Waals surface area contributed by atoms with Crippen LogP contribution >= 0.6 is 0 Å². The first-order valence-corrected chi connectivity index (χ1v) is 3.50. The summed E-state index contributed by atoms with van der Waals surface area (Å²) < 4.78 is 0. The van der Waals surface area contributed by atoms with Crippen LogP contribution in [-0.4, -0.2) is 24.5 Å². The van der Waals surface area contributed by atoms with Gasteiger partial charge in [-0.15, -0.1) is 0 Å². The van der Waals surface area contributed by atoms with Gasteiger partial charge in [-0.2, -0.15) is 0 Å². The second kappa shape index (κ2) is 2.95. The van der Waals surface area contributed by atoms with E-state index in [4.69, 9.17) is 0 Å². The molecule has 0 fully saturated rings. The molecule has 0 spiro atoms. The van der Waals surface area contributed by atoms with E-state index in [0.29, 0.717) is 0 Å². The lowest BCUT2D eigenvalue weighted by molar-refractivity contribution is 0.217. The van der Waals surface area contributed by atoms with Crippen molar-refractivity contribution in [3.05, 3.63) is 12.4 Å². The molecule has 0 saturated carbocycles. The Balaban J connectivity index is 4.08. The van der Waals surface area contributed by atoms with Crippen molar-refractivity contribution in [2.24, 2.45) is 0 Å². The molecule has 0 aromatic carbocycles. The van der Waals surface area contributed by atoms with E-state index in [9.17, 15) is 0 Å². The predicted molar refractivity (Wildman–Crippen MR) is 45.7 cm³/mol. The Labute approximate surface area is 63.9 Å². The van der Waals surface area contributed by atoms with E-state index in [2.05, 4.69) is 37.6 Å². The average molecular weight is 142 g/mol. The van der Waals surface area contributed by atoms with Gasteiger partial charge in [0.05, 0.1) is 5.82 Å². The van der Waals surface area contributed by atoms with Gasteiger partial charge in [-0.1, -0.05) is 6.58 Å². The molecule has 0 aromatic rings. The summed E-state index contributed by atoms with van der Waals surface area (Å²) >= 11 is 0. The Morgan fingerprint density at radius 1 is 1.40 bits per heavy atom. The molecule has 0 atom stereocenters. The first kappa shape index (κ1) is 9.34. The van der Waals surface area contributed by atoms with Crippen molar-refractivity contribution < 1.29 is 0 Å². The van der Waals surface area contributed by atoms with Gasteiger partial charge in [0.25, 0.3) is 0 Å². The molecule has 0 rings (SSSR count). The van der Waals surface area contributed by atoms with Crippen LogP contribution in [0.5, 0.6) is 0 Å². The number of hydrogen-bond donors (Lipinski definition) is 1. The fourth-order valence-corrected chi connectivity index (χ4v) is 0.573. The molecule has 2 nitrogen and oxygen atoms in total. The van der Waals surface area contributed by atoms with E-state index in [0.717, 1.165) is 5.82 Å². The third-order valence-electron chi connectivity index (χ3n) is 1.70. The average Bonchev–Trinajstić information content (AvgIpc) is 1.83. The lowest BCUT2D eigenvalue weighted by Gasteiger charge is -2.34. The van der Waals surface area contributed by atoms with E-state index in [-0.39, 0.29) is 5.54 Å². The highest BCUT2D eigenvalue weighted by Crippen LogP contribution is 2.13. The molecule has 0 saturated heterocycles. The third kappa shape index (κ3) is 2.29. The maximum absolute atomic E-state index is 3.85. The molecule has 0 bridgehead atoms. The van der Waals surface area contributed by atoms with Gasteiger partial charge in [0, 0.05) is 19.6 Å². The van der Waals surface area contributed by atoms with Gasteiger partial charge in [0.2, 0.25) is 0 Å². The molecule has 0 radical (unpaired) electrons. The van der Waals surface area contributed by atoms with Gasteiger partial charge in [-0.25, -0.2) is 0 Å². The van der Waals surface area contributed by atoms with Crippen molar-refractivity contribution in [1.29, 1.82) is 0 Å². The van der Waals surface area contributed by atoms with Crippen molar-refractivity contribution in [1.82, 2.24) is 10.2 Å². The first-order chi connectivity index (χ1) is 4.39. The summed E-state index contributed by atoms with van der Waals surface area (Å²) in [7, 11) is 3.91. The summed E-state index contributed by atoms with van der Waals surface area (Å²) in [6.45, 7) is 10.3. The van der Waals surface area contributed by atoms with E-state index in [1.165, 1.54) is 0 Å². The summed E-state index contributed by atoms with van der Waals surface area (Å²) in [5, 5.41) is 3.00. The molecule has 0 aliphatic rings. The van der Waals surface area contributed by atoms with E-state index in [1.54, 1.807) is 0 Å². The molecule has 1 N–H and O–H groups in total. The van der Waals surface area contributed by atoms with Gasteiger partial charge >= 0.3 is 0 Å². The van der Waals surface area contributed by atoms with Crippen LogP contribution in [0.1, 0.15) is 20.8 Å². The number of nitrogens with one attached hydrogen (secondary N) is 1. The van der Waals surface area contributed by atoms with E-state index >= 15 is 0 Å². The second-order valence-electron chi connectivity index (χ2n) is 3.43. The van der Waals surface area contributed by atoms with Crippen molar-refractivity contribution >= 4 is 0 Å². The standard InChI is InChI=1S/C8H18N2/c1-7(9-5)10(6)8(2,3)4/h9H,1H2,2-6H3. The van der Waals surface area contributed by atoms with Gasteiger partial charge < -0.3 is 10.2 Å². The van der Waals surface area contributed by atoms with Crippen LogP contribution in [0.4, 0.5) is 0 Å². The lowest BCUT2D eigenvalue weighted by atomic mass is 10.1. The molecular weight excluding hydrogens is 124 g/mol. The van der Waals surface area contributed by atoms with Crippen LogP contribution in [0, 0.1) is 0 Å². The second-order valence-corrected chi connectivity index (χ2v) is 3.43. The first-order valence-electron chi connectivity index (χ1n) is 3.50. The van der Waals surface area contributed by atoms with Crippen LogP contribution in [-0.2, 0) is 0 Å². The van der Waals surface area contributed by atoms with Gasteiger partial charge in [-0.05, 0) is 20.8 Å². The Morgan fingerprint density at radius 2 is 1.80 bits per heavy atom. The van der Waals surface area contributed by atoms with Crippen LogP contribution < -0.4 is 5.32 Å². The zero-order chi connectivity index (χ0) is 8.36. The molecular formula is C8H18N2. The smallest absolute Gasteiger partial charge is 0.0937 e. The van der Waals surface area contributed by atoms with Crippen LogP contribution in [0.15, 0.2) is 12.4 Å².